The van der Waals surface area contributed by atoms with Crippen LogP contribution in [0.2, 0.25) is 0 Å². The number of benzene rings is 4. The van der Waals surface area contributed by atoms with Gasteiger partial charge in [0.25, 0.3) is 0 Å². The molecule has 2 N–H and O–H groups in total. The van der Waals surface area contributed by atoms with E-state index in [1.165, 1.54) is 6.07 Å². The van der Waals surface area contributed by atoms with Crippen LogP contribution in [-0.2, 0) is 22.6 Å². The van der Waals surface area contributed by atoms with Gasteiger partial charge < -0.3 is 38.7 Å². The zero-order valence-corrected chi connectivity index (χ0v) is 27.9. The molecule has 262 valence electrons. The molecule has 0 radical (unpaired) electrons. The molecule has 1 fully saturated rings. The molecule has 1 aliphatic rings. The van der Waals surface area contributed by atoms with Gasteiger partial charge >= 0.3 is 5.69 Å². The number of nitro groups is 1. The molecule has 0 saturated carbocycles. The van der Waals surface area contributed by atoms with Gasteiger partial charge in [-0.3, -0.25) is 10.1 Å². The molecule has 1 unspecified atom stereocenters. The van der Waals surface area contributed by atoms with E-state index in [-0.39, 0.29) is 42.8 Å². The average molecular weight is 683 g/mol. The molecule has 4 atom stereocenters. The van der Waals surface area contributed by atoms with Crippen LogP contribution in [0.3, 0.4) is 0 Å². The van der Waals surface area contributed by atoms with E-state index in [2.05, 4.69) is 22.4 Å². The summed E-state index contributed by atoms with van der Waals surface area (Å²) >= 11 is 0. The number of nitro benzene ring substituents is 1. The van der Waals surface area contributed by atoms with Crippen LogP contribution in [0.25, 0.3) is 10.8 Å². The summed E-state index contributed by atoms with van der Waals surface area (Å²) in [5, 5.41) is 27.6. The van der Waals surface area contributed by atoms with Crippen molar-refractivity contribution >= 4 is 16.5 Å². The summed E-state index contributed by atoms with van der Waals surface area (Å²) in [5.41, 5.74) is 1.98. The molecular weight excluding hydrogens is 640 g/mol. The predicted octanol–water partition coefficient (Wildman–Crippen LogP) is 5.52. The van der Waals surface area contributed by atoms with E-state index < -0.39 is 11.0 Å². The Morgan fingerprint density at radius 2 is 1.72 bits per heavy atom. The molecule has 6 rings (SSSR count). The number of hydrogen-bond acceptors (Lipinski definition) is 10. The standard InChI is InChI=1S/C38H42N4O8/c1-46-35-20-27(19-29-7-2-3-8-32(29)35)24-49-36-21-40-22-37(50-25-30(43)23-41-16-15-39-26-41)38(36)28-11-13-31(14-12-28)47-17-6-18-48-34-10-5-4-9-33(34)42(44)45/h2-5,7-16,19-20,26,30,36-38,40,43H,6,17-18,21-25H2,1H3/t30?,36-,37+,38+/m0/s1. The molecule has 1 aliphatic heterocycles. The lowest BCUT2D eigenvalue weighted by Crippen LogP contribution is -2.51. The second kappa shape index (κ2) is 17.1. The lowest BCUT2D eigenvalue weighted by Gasteiger charge is -2.39. The normalized spacial score (nSPS) is 18.1. The quantitative estimate of drug-likeness (QED) is 0.0732. The maximum atomic E-state index is 11.2. The van der Waals surface area contributed by atoms with E-state index in [0.717, 1.165) is 27.6 Å². The van der Waals surface area contributed by atoms with Gasteiger partial charge in [0.1, 0.15) is 11.5 Å². The minimum Gasteiger partial charge on any atom is -0.496 e. The van der Waals surface area contributed by atoms with Crippen molar-refractivity contribution in [1.29, 1.82) is 0 Å². The fourth-order valence-corrected chi connectivity index (χ4v) is 6.28. The first-order valence-electron chi connectivity index (χ1n) is 16.7. The number of nitrogens with one attached hydrogen (secondary N) is 1. The third-order valence-corrected chi connectivity index (χ3v) is 8.69. The number of aromatic nitrogens is 2. The summed E-state index contributed by atoms with van der Waals surface area (Å²) in [7, 11) is 1.68. The number of methoxy groups -OCH3 is 1. The number of fused-ring (bicyclic) bond motifs is 1. The van der Waals surface area contributed by atoms with Crippen LogP contribution < -0.4 is 19.5 Å². The number of imidazole rings is 1. The van der Waals surface area contributed by atoms with Crippen molar-refractivity contribution in [1.82, 2.24) is 14.9 Å². The van der Waals surface area contributed by atoms with Crippen LogP contribution in [0, 0.1) is 10.1 Å². The zero-order valence-electron chi connectivity index (χ0n) is 27.9. The number of ether oxygens (including phenoxy) is 5. The lowest BCUT2D eigenvalue weighted by atomic mass is 9.85. The lowest BCUT2D eigenvalue weighted by molar-refractivity contribution is -0.385. The third-order valence-electron chi connectivity index (χ3n) is 8.69. The minimum absolute atomic E-state index is 0.0591. The monoisotopic (exact) mass is 682 g/mol. The highest BCUT2D eigenvalue weighted by molar-refractivity contribution is 5.89. The third kappa shape index (κ3) is 8.96. The van der Waals surface area contributed by atoms with Crippen LogP contribution in [0.4, 0.5) is 5.69 Å². The summed E-state index contributed by atoms with van der Waals surface area (Å²) < 4.78 is 32.1. The van der Waals surface area contributed by atoms with Crippen molar-refractivity contribution < 1.29 is 33.7 Å². The van der Waals surface area contributed by atoms with E-state index >= 15 is 0 Å². The number of piperidine rings is 1. The minimum atomic E-state index is -0.705. The Hall–Kier alpha value is -5.01. The van der Waals surface area contributed by atoms with Crippen molar-refractivity contribution in [2.45, 2.75) is 43.8 Å². The maximum absolute atomic E-state index is 11.2. The average Bonchev–Trinajstić information content (AvgIpc) is 3.66. The van der Waals surface area contributed by atoms with Crippen LogP contribution in [0.5, 0.6) is 17.2 Å². The van der Waals surface area contributed by atoms with Gasteiger partial charge in [-0.1, -0.05) is 48.5 Å². The Labute approximate surface area is 290 Å². The fourth-order valence-electron chi connectivity index (χ4n) is 6.28. The first-order chi connectivity index (χ1) is 24.5. The Kier molecular flexibility index (Phi) is 11.9. The van der Waals surface area contributed by atoms with Crippen LogP contribution in [-0.4, -0.2) is 77.9 Å². The predicted molar refractivity (Wildman–Crippen MR) is 188 cm³/mol. The van der Waals surface area contributed by atoms with Crippen LogP contribution in [0.15, 0.2) is 104 Å². The molecule has 0 aliphatic carbocycles. The fraction of sp³-hybridized carbons (Fsp3) is 0.342. The number of aliphatic hydroxyl groups is 1. The molecule has 5 aromatic rings. The summed E-state index contributed by atoms with van der Waals surface area (Å²) in [5.74, 6) is 1.62. The van der Waals surface area contributed by atoms with E-state index in [1.807, 2.05) is 59.3 Å². The topological polar surface area (TPSA) is 139 Å². The maximum Gasteiger partial charge on any atom is 0.310 e. The highest BCUT2D eigenvalue weighted by Gasteiger charge is 2.36. The Morgan fingerprint density at radius 1 is 0.960 bits per heavy atom. The Morgan fingerprint density at radius 3 is 2.50 bits per heavy atom. The second-order valence-electron chi connectivity index (χ2n) is 12.2. The first-order valence-corrected chi connectivity index (χ1v) is 16.7. The summed E-state index contributed by atoms with van der Waals surface area (Å²) in [6.45, 7) is 2.82. The van der Waals surface area contributed by atoms with Gasteiger partial charge in [0, 0.05) is 49.3 Å². The first kappa shape index (κ1) is 34.8. The summed E-state index contributed by atoms with van der Waals surface area (Å²) in [6, 6.07) is 26.5. The number of para-hydroxylation sites is 2. The second-order valence-corrected chi connectivity index (χ2v) is 12.2. The molecule has 2 heterocycles. The summed E-state index contributed by atoms with van der Waals surface area (Å²) in [6.07, 6.45) is 4.53. The number of nitrogens with zero attached hydrogens (tertiary/aromatic N) is 3. The molecule has 12 heteroatoms. The molecule has 4 aromatic carbocycles. The van der Waals surface area contributed by atoms with Crippen molar-refractivity contribution in [3.8, 4) is 17.2 Å². The van der Waals surface area contributed by atoms with E-state index in [0.29, 0.717) is 45.0 Å². The molecule has 50 heavy (non-hydrogen) atoms. The number of aliphatic hydroxyl groups excluding tert-OH is 1. The van der Waals surface area contributed by atoms with Gasteiger partial charge in [-0.05, 0) is 46.8 Å². The molecule has 1 saturated heterocycles. The highest BCUT2D eigenvalue weighted by Crippen LogP contribution is 2.33. The SMILES string of the molecule is COc1cc(CO[C@H]2CNC[C@@H](OCC(O)Cn3ccnc3)[C@@H]2c2ccc(OCCCOc3ccccc3[N+](=O)[O-])cc2)cc2ccccc12. The molecule has 1 aromatic heterocycles. The van der Waals surface area contributed by atoms with Crippen molar-refractivity contribution in [3.63, 3.8) is 0 Å². The van der Waals surface area contributed by atoms with Crippen molar-refractivity contribution in [3.05, 3.63) is 125 Å². The Bertz CT molecular complexity index is 1820. The van der Waals surface area contributed by atoms with Gasteiger partial charge in [0.05, 0.1) is 69.6 Å². The number of rotatable bonds is 17. The largest absolute Gasteiger partial charge is 0.496 e. The van der Waals surface area contributed by atoms with E-state index in [9.17, 15) is 15.2 Å². The smallest absolute Gasteiger partial charge is 0.310 e. The number of hydrogen-bond donors (Lipinski definition) is 2. The molecule has 12 nitrogen and oxygen atoms in total. The molecule has 0 spiro atoms. The van der Waals surface area contributed by atoms with Crippen LogP contribution in [0.1, 0.15) is 23.5 Å². The van der Waals surface area contributed by atoms with Gasteiger partial charge in [-0.2, -0.15) is 0 Å². The molecule has 0 bridgehead atoms. The zero-order chi connectivity index (χ0) is 34.7. The summed E-state index contributed by atoms with van der Waals surface area (Å²) in [4.78, 5) is 14.8. The molecule has 0 amide bonds. The van der Waals surface area contributed by atoms with Crippen molar-refractivity contribution in [2.75, 3.05) is 40.0 Å². The van der Waals surface area contributed by atoms with Gasteiger partial charge in [-0.25, -0.2) is 4.98 Å². The van der Waals surface area contributed by atoms with Crippen molar-refractivity contribution in [2.24, 2.45) is 0 Å². The van der Waals surface area contributed by atoms with Crippen LogP contribution >= 0.6 is 0 Å². The highest BCUT2D eigenvalue weighted by atomic mass is 16.6. The Balaban J connectivity index is 1.11. The molecular formula is C38H42N4O8. The van der Waals surface area contributed by atoms with Gasteiger partial charge in [-0.15, -0.1) is 0 Å². The van der Waals surface area contributed by atoms with E-state index in [1.54, 1.807) is 37.8 Å². The van der Waals surface area contributed by atoms with E-state index in [4.69, 9.17) is 23.7 Å². The van der Waals surface area contributed by atoms with Gasteiger partial charge in [0.15, 0.2) is 5.75 Å². The van der Waals surface area contributed by atoms with Gasteiger partial charge in [0.2, 0.25) is 0 Å².